The van der Waals surface area contributed by atoms with Crippen molar-refractivity contribution in [1.29, 1.82) is 0 Å². The predicted molar refractivity (Wildman–Crippen MR) is 67.2 cm³/mol. The number of nitrogens with zero attached hydrogens (tertiary/aromatic N) is 1. The lowest BCUT2D eigenvalue weighted by Gasteiger charge is -2.22. The minimum atomic E-state index is -0.296. The van der Waals surface area contributed by atoms with E-state index in [9.17, 15) is 4.79 Å². The van der Waals surface area contributed by atoms with Gasteiger partial charge in [-0.3, -0.25) is 4.79 Å². The molecular weight excluding hydrogens is 224 g/mol. The Kier molecular flexibility index (Phi) is 5.15. The van der Waals surface area contributed by atoms with Gasteiger partial charge in [-0.1, -0.05) is 25.6 Å². The van der Waals surface area contributed by atoms with Gasteiger partial charge in [0, 0.05) is 20.2 Å². The molecule has 5 heteroatoms. The molecule has 1 aliphatic heterocycles. The van der Waals surface area contributed by atoms with Crippen LogP contribution in [0.2, 0.25) is 0 Å². The van der Waals surface area contributed by atoms with E-state index in [1.807, 2.05) is 11.8 Å². The Morgan fingerprint density at radius 2 is 2.38 bits per heavy atom. The molecule has 0 aromatic heterocycles. The number of amides is 1. The second-order valence-electron chi connectivity index (χ2n) is 4.17. The Hall–Kier alpha value is -0.680. The molecular formula is C11H20N2O2S. The summed E-state index contributed by atoms with van der Waals surface area (Å²) in [6.45, 7) is 3.44. The number of methoxy groups -OCH3 is 1. The Labute approximate surface area is 102 Å². The average molecular weight is 244 g/mol. The molecule has 1 saturated heterocycles. The maximum atomic E-state index is 12.1. The summed E-state index contributed by atoms with van der Waals surface area (Å²) < 4.78 is 5.23. The number of nitrogens with two attached hydrogens (primary N) is 1. The van der Waals surface area contributed by atoms with Gasteiger partial charge in [0.05, 0.1) is 17.0 Å². The largest absolute Gasteiger partial charge is 0.393 e. The number of carbonyl (C=O) groups excluding carboxylic acids is 1. The summed E-state index contributed by atoms with van der Waals surface area (Å²) >= 11 is 4.95. The number of likely N-dealkylation sites (tertiary alicyclic amines) is 1. The van der Waals surface area contributed by atoms with Gasteiger partial charge in [-0.15, -0.1) is 0 Å². The predicted octanol–water partition coefficient (Wildman–Crippen LogP) is 0.936. The van der Waals surface area contributed by atoms with Gasteiger partial charge in [-0.2, -0.15) is 0 Å². The van der Waals surface area contributed by atoms with Crippen LogP contribution in [-0.4, -0.2) is 42.1 Å². The molecule has 0 saturated carbocycles. The lowest BCUT2D eigenvalue weighted by molar-refractivity contribution is -0.132. The summed E-state index contributed by atoms with van der Waals surface area (Å²) in [5.41, 5.74) is 5.61. The summed E-state index contributed by atoms with van der Waals surface area (Å²) in [7, 11) is 1.68. The van der Waals surface area contributed by atoms with E-state index in [0.29, 0.717) is 11.5 Å². The Morgan fingerprint density at radius 1 is 1.69 bits per heavy atom. The van der Waals surface area contributed by atoms with Gasteiger partial charge >= 0.3 is 0 Å². The minimum Gasteiger partial charge on any atom is -0.393 e. The van der Waals surface area contributed by atoms with Crippen molar-refractivity contribution in [3.8, 4) is 0 Å². The number of ether oxygens (including phenoxy) is 1. The van der Waals surface area contributed by atoms with Gasteiger partial charge in [0.1, 0.15) is 0 Å². The van der Waals surface area contributed by atoms with Crippen molar-refractivity contribution in [2.45, 2.75) is 32.3 Å². The highest BCUT2D eigenvalue weighted by Crippen LogP contribution is 2.18. The molecule has 0 spiro atoms. The quantitative estimate of drug-likeness (QED) is 0.731. The minimum absolute atomic E-state index is 0.0638. The monoisotopic (exact) mass is 244 g/mol. The van der Waals surface area contributed by atoms with Crippen LogP contribution >= 0.6 is 12.2 Å². The van der Waals surface area contributed by atoms with Gasteiger partial charge in [0.2, 0.25) is 5.91 Å². The third kappa shape index (κ3) is 3.15. The van der Waals surface area contributed by atoms with Crippen molar-refractivity contribution in [2.75, 3.05) is 20.2 Å². The van der Waals surface area contributed by atoms with E-state index in [-0.39, 0.29) is 17.9 Å². The molecule has 1 heterocycles. The van der Waals surface area contributed by atoms with E-state index in [2.05, 4.69) is 0 Å². The van der Waals surface area contributed by atoms with Crippen LogP contribution in [0.25, 0.3) is 0 Å². The van der Waals surface area contributed by atoms with Crippen LogP contribution in [0.5, 0.6) is 0 Å². The topological polar surface area (TPSA) is 55.6 Å². The SMILES string of the molecule is CCCC(C(=O)N1CCC(OC)C1)C(N)=S. The molecule has 0 radical (unpaired) electrons. The van der Waals surface area contributed by atoms with Crippen molar-refractivity contribution < 1.29 is 9.53 Å². The smallest absolute Gasteiger partial charge is 0.232 e. The summed E-state index contributed by atoms with van der Waals surface area (Å²) in [6, 6.07) is 0. The molecule has 1 rings (SSSR count). The first kappa shape index (κ1) is 13.4. The molecule has 2 N–H and O–H groups in total. The average Bonchev–Trinajstić information content (AvgIpc) is 2.73. The molecule has 92 valence electrons. The van der Waals surface area contributed by atoms with E-state index >= 15 is 0 Å². The van der Waals surface area contributed by atoms with Crippen LogP contribution in [0.4, 0.5) is 0 Å². The number of hydrogen-bond acceptors (Lipinski definition) is 3. The summed E-state index contributed by atoms with van der Waals surface area (Å²) in [4.78, 5) is 14.3. The zero-order valence-electron chi connectivity index (χ0n) is 9.94. The molecule has 1 fully saturated rings. The molecule has 2 atom stereocenters. The van der Waals surface area contributed by atoms with Crippen LogP contribution in [0, 0.1) is 5.92 Å². The van der Waals surface area contributed by atoms with Crippen molar-refractivity contribution in [3.05, 3.63) is 0 Å². The molecule has 1 amide bonds. The third-order valence-corrected chi connectivity index (χ3v) is 3.29. The van der Waals surface area contributed by atoms with Gasteiger partial charge in [0.25, 0.3) is 0 Å². The Balaban J connectivity index is 2.58. The molecule has 1 aliphatic rings. The van der Waals surface area contributed by atoms with Gasteiger partial charge in [-0.25, -0.2) is 0 Å². The van der Waals surface area contributed by atoms with Crippen molar-refractivity contribution in [2.24, 2.45) is 11.7 Å². The van der Waals surface area contributed by atoms with Crippen molar-refractivity contribution in [3.63, 3.8) is 0 Å². The van der Waals surface area contributed by atoms with Crippen LogP contribution < -0.4 is 5.73 Å². The van der Waals surface area contributed by atoms with Gasteiger partial charge < -0.3 is 15.4 Å². The summed E-state index contributed by atoms with van der Waals surface area (Å²) in [5.74, 6) is -0.232. The van der Waals surface area contributed by atoms with E-state index in [4.69, 9.17) is 22.7 Å². The zero-order valence-corrected chi connectivity index (χ0v) is 10.8. The zero-order chi connectivity index (χ0) is 12.1. The van der Waals surface area contributed by atoms with Crippen molar-refractivity contribution in [1.82, 2.24) is 4.90 Å². The molecule has 16 heavy (non-hydrogen) atoms. The van der Waals surface area contributed by atoms with Crippen LogP contribution in [0.15, 0.2) is 0 Å². The molecule has 0 aromatic carbocycles. The maximum absolute atomic E-state index is 12.1. The fourth-order valence-electron chi connectivity index (χ4n) is 2.02. The van der Waals surface area contributed by atoms with Gasteiger partial charge in [-0.05, 0) is 12.8 Å². The molecule has 0 aliphatic carbocycles. The molecule has 0 bridgehead atoms. The van der Waals surface area contributed by atoms with Crippen LogP contribution in [0.1, 0.15) is 26.2 Å². The second kappa shape index (κ2) is 6.15. The fraction of sp³-hybridized carbons (Fsp3) is 0.818. The highest BCUT2D eigenvalue weighted by Gasteiger charge is 2.31. The normalized spacial score (nSPS) is 22.1. The molecule has 0 aromatic rings. The highest BCUT2D eigenvalue weighted by molar-refractivity contribution is 7.80. The Morgan fingerprint density at radius 3 is 2.81 bits per heavy atom. The molecule has 4 nitrogen and oxygen atoms in total. The van der Waals surface area contributed by atoms with Crippen LogP contribution in [-0.2, 0) is 9.53 Å². The summed E-state index contributed by atoms with van der Waals surface area (Å²) in [6.07, 6.45) is 2.72. The van der Waals surface area contributed by atoms with E-state index in [1.54, 1.807) is 7.11 Å². The van der Waals surface area contributed by atoms with E-state index in [1.165, 1.54) is 0 Å². The molecule has 2 unspecified atom stereocenters. The maximum Gasteiger partial charge on any atom is 0.232 e. The lowest BCUT2D eigenvalue weighted by Crippen LogP contribution is -2.40. The fourth-order valence-corrected chi connectivity index (χ4v) is 2.24. The summed E-state index contributed by atoms with van der Waals surface area (Å²) in [5, 5.41) is 0. The number of carbonyl (C=O) groups is 1. The number of thiocarbonyl (C=S) groups is 1. The lowest BCUT2D eigenvalue weighted by atomic mass is 10.0. The van der Waals surface area contributed by atoms with Gasteiger partial charge in [0.15, 0.2) is 0 Å². The first-order chi connectivity index (χ1) is 7.60. The van der Waals surface area contributed by atoms with Crippen LogP contribution in [0.3, 0.4) is 0 Å². The number of hydrogen-bond donors (Lipinski definition) is 1. The first-order valence-corrected chi connectivity index (χ1v) is 6.11. The standard InChI is InChI=1S/C11H20N2O2S/c1-3-4-9(10(12)16)11(14)13-6-5-8(7-13)15-2/h8-9H,3-7H2,1-2H3,(H2,12,16). The first-order valence-electron chi connectivity index (χ1n) is 5.71. The van der Waals surface area contributed by atoms with E-state index < -0.39 is 0 Å². The number of rotatable bonds is 5. The Bertz CT molecular complexity index is 271. The second-order valence-corrected chi connectivity index (χ2v) is 4.65. The third-order valence-electron chi connectivity index (χ3n) is 3.01. The van der Waals surface area contributed by atoms with E-state index in [0.717, 1.165) is 25.8 Å². The highest BCUT2D eigenvalue weighted by atomic mass is 32.1. The van der Waals surface area contributed by atoms with Crippen molar-refractivity contribution >= 4 is 23.1 Å².